The molecule has 1 spiro atoms. The number of hydrogen-bond donors (Lipinski definition) is 1. The van der Waals surface area contributed by atoms with Crippen LogP contribution in [-0.4, -0.2) is 60.6 Å². The van der Waals surface area contributed by atoms with E-state index >= 15 is 0 Å². The molecule has 5 aliphatic heterocycles. The van der Waals surface area contributed by atoms with E-state index in [1.165, 1.54) is 5.57 Å². The van der Waals surface area contributed by atoms with Crippen molar-refractivity contribution < 1.29 is 19.4 Å². The number of piperidine rings is 1. The Labute approximate surface area is 163 Å². The Morgan fingerprint density at radius 2 is 2.11 bits per heavy atom. The number of hydrogen-bond acceptors (Lipinski definition) is 5. The molecule has 0 aromatic heterocycles. The number of likely N-dealkylation sites (N-methyl/N-ethyl adjacent to an activating group) is 1. The Morgan fingerprint density at radius 1 is 1.25 bits per heavy atom. The van der Waals surface area contributed by atoms with Gasteiger partial charge in [0.25, 0.3) is 0 Å². The summed E-state index contributed by atoms with van der Waals surface area (Å²) >= 11 is 0. The first-order chi connectivity index (χ1) is 13.5. The Kier molecular flexibility index (Phi) is 3.26. The van der Waals surface area contributed by atoms with E-state index in [2.05, 4.69) is 18.0 Å². The lowest BCUT2D eigenvalue weighted by atomic mass is 9.55. The van der Waals surface area contributed by atoms with Crippen LogP contribution in [0.3, 0.4) is 0 Å². The Hall–Kier alpha value is -2.18. The lowest BCUT2D eigenvalue weighted by Crippen LogP contribution is -2.66. The summed E-state index contributed by atoms with van der Waals surface area (Å²) < 4.78 is 6.17. The van der Waals surface area contributed by atoms with Gasteiger partial charge in [0.1, 0.15) is 11.5 Å². The van der Waals surface area contributed by atoms with Crippen LogP contribution in [0.4, 0.5) is 5.69 Å². The van der Waals surface area contributed by atoms with Crippen molar-refractivity contribution in [1.82, 2.24) is 4.90 Å². The van der Waals surface area contributed by atoms with Crippen LogP contribution in [0.5, 0.6) is 5.75 Å². The molecule has 1 N–H and O–H groups in total. The van der Waals surface area contributed by atoms with Crippen LogP contribution in [-0.2, 0) is 19.7 Å². The predicted octanol–water partition coefficient (Wildman–Crippen LogP) is 1.61. The van der Waals surface area contributed by atoms with Crippen molar-refractivity contribution in [3.63, 3.8) is 0 Å². The van der Waals surface area contributed by atoms with Gasteiger partial charge in [-0.2, -0.15) is 0 Å². The quantitative estimate of drug-likeness (QED) is 0.693. The van der Waals surface area contributed by atoms with E-state index in [0.29, 0.717) is 31.6 Å². The van der Waals surface area contributed by atoms with Crippen molar-refractivity contribution in [2.75, 3.05) is 31.6 Å². The van der Waals surface area contributed by atoms with Crippen molar-refractivity contribution in [3.05, 3.63) is 35.4 Å². The zero-order valence-corrected chi connectivity index (χ0v) is 15.9. The molecular weight excluding hydrogens is 356 g/mol. The summed E-state index contributed by atoms with van der Waals surface area (Å²) in [6.07, 6.45) is 3.44. The zero-order valence-electron chi connectivity index (χ0n) is 15.9. The van der Waals surface area contributed by atoms with Gasteiger partial charge in [-0.15, -0.1) is 0 Å². The summed E-state index contributed by atoms with van der Waals surface area (Å²) in [5, 5.41) is 10.7. The first-order valence-electron chi connectivity index (χ1n) is 10.2. The first kappa shape index (κ1) is 16.7. The van der Waals surface area contributed by atoms with E-state index in [1.54, 1.807) is 17.0 Å². The average molecular weight is 380 g/mol. The number of anilines is 1. The van der Waals surface area contributed by atoms with Crippen LogP contribution in [0.1, 0.15) is 24.8 Å². The number of carbonyl (C=O) groups is 2. The third-order valence-electron chi connectivity index (χ3n) is 7.80. The van der Waals surface area contributed by atoms with Gasteiger partial charge in [0.05, 0.1) is 36.3 Å². The summed E-state index contributed by atoms with van der Waals surface area (Å²) in [5.41, 5.74) is 1.91. The van der Waals surface area contributed by atoms with E-state index in [4.69, 9.17) is 4.74 Å². The molecule has 5 heterocycles. The molecule has 146 valence electrons. The normalized spacial score (nSPS) is 39.0. The van der Waals surface area contributed by atoms with Crippen LogP contribution in [0, 0.1) is 11.8 Å². The minimum absolute atomic E-state index is 0.0413. The molecule has 0 unspecified atom stereocenters. The molecule has 6 aliphatic rings. The standard InChI is InChI=1S/C22H24N2O4/c1-23-7-6-22-14-3-2-4-15(25)20(14)24-18(27)10-16-19(21(22)24)13(9-17(22)26)12(11-23)5-8-28-16/h2-5,13,16,19,21,25H,6-11H2,1H3/t13-,16-,19+,21-,22+/m1/s1. The van der Waals surface area contributed by atoms with Gasteiger partial charge < -0.3 is 19.6 Å². The smallest absolute Gasteiger partial charge is 0.230 e. The fourth-order valence-electron chi connectivity index (χ4n) is 6.71. The highest BCUT2D eigenvalue weighted by atomic mass is 16.5. The SMILES string of the molecule is CN1CC[C@@]23C(=O)C[C@@H]4C(=CCO[C@@H]5CC(=O)N(c6c(O)cccc62)[C@@H]3[C@@H]45)C1. The summed E-state index contributed by atoms with van der Waals surface area (Å²) in [7, 11) is 2.10. The number of benzene rings is 1. The summed E-state index contributed by atoms with van der Waals surface area (Å²) in [4.78, 5) is 31.1. The number of rotatable bonds is 0. The fourth-order valence-corrected chi connectivity index (χ4v) is 6.71. The second kappa shape index (κ2) is 5.45. The highest BCUT2D eigenvalue weighted by molar-refractivity contribution is 6.07. The van der Waals surface area contributed by atoms with Crippen LogP contribution in [0.25, 0.3) is 0 Å². The molecule has 1 aliphatic carbocycles. The average Bonchev–Trinajstić information content (AvgIpc) is 2.92. The van der Waals surface area contributed by atoms with Gasteiger partial charge in [0, 0.05) is 18.9 Å². The maximum atomic E-state index is 13.8. The minimum atomic E-state index is -0.749. The van der Waals surface area contributed by atoms with E-state index in [1.807, 2.05) is 6.07 Å². The van der Waals surface area contributed by atoms with Crippen molar-refractivity contribution in [2.24, 2.45) is 11.8 Å². The maximum absolute atomic E-state index is 13.8. The summed E-state index contributed by atoms with van der Waals surface area (Å²) in [6.45, 7) is 2.12. The second-order valence-corrected chi connectivity index (χ2v) is 9.01. The van der Waals surface area contributed by atoms with Gasteiger partial charge >= 0.3 is 0 Å². The van der Waals surface area contributed by atoms with E-state index in [-0.39, 0.29) is 41.4 Å². The van der Waals surface area contributed by atoms with Gasteiger partial charge in [-0.05, 0) is 37.6 Å². The van der Waals surface area contributed by atoms with Crippen molar-refractivity contribution in [1.29, 1.82) is 0 Å². The predicted molar refractivity (Wildman–Crippen MR) is 102 cm³/mol. The number of ketones is 1. The molecule has 4 bridgehead atoms. The fraction of sp³-hybridized carbons (Fsp3) is 0.545. The molecule has 4 fully saturated rings. The van der Waals surface area contributed by atoms with Crippen molar-refractivity contribution in [2.45, 2.75) is 36.8 Å². The molecule has 5 atom stereocenters. The second-order valence-electron chi connectivity index (χ2n) is 9.01. The van der Waals surface area contributed by atoms with Crippen LogP contribution >= 0.6 is 0 Å². The highest BCUT2D eigenvalue weighted by Crippen LogP contribution is 2.62. The topological polar surface area (TPSA) is 70.1 Å². The van der Waals surface area contributed by atoms with Crippen molar-refractivity contribution >= 4 is 17.4 Å². The molecule has 28 heavy (non-hydrogen) atoms. The Morgan fingerprint density at radius 3 is 2.96 bits per heavy atom. The molecule has 0 radical (unpaired) electrons. The third-order valence-corrected chi connectivity index (χ3v) is 7.80. The first-order valence-corrected chi connectivity index (χ1v) is 10.2. The van der Waals surface area contributed by atoms with Crippen molar-refractivity contribution in [3.8, 4) is 5.75 Å². The van der Waals surface area contributed by atoms with Gasteiger partial charge in [-0.3, -0.25) is 9.59 Å². The largest absolute Gasteiger partial charge is 0.506 e. The highest BCUT2D eigenvalue weighted by Gasteiger charge is 2.68. The van der Waals surface area contributed by atoms with Gasteiger partial charge in [-0.1, -0.05) is 23.8 Å². The number of fused-ring (bicyclic) bond motifs is 6. The minimum Gasteiger partial charge on any atom is -0.506 e. The summed E-state index contributed by atoms with van der Waals surface area (Å²) in [6, 6.07) is 5.10. The van der Waals surface area contributed by atoms with Crippen LogP contribution in [0.15, 0.2) is 29.8 Å². The zero-order chi connectivity index (χ0) is 19.2. The third kappa shape index (κ3) is 1.85. The molecule has 7 rings (SSSR count). The van der Waals surface area contributed by atoms with E-state index in [0.717, 1.165) is 18.7 Å². The lowest BCUT2D eigenvalue weighted by Gasteiger charge is -2.53. The Balaban J connectivity index is 1.67. The molecule has 6 nitrogen and oxygen atoms in total. The molecule has 6 heteroatoms. The number of ether oxygens (including phenoxy) is 1. The van der Waals surface area contributed by atoms with E-state index in [9.17, 15) is 14.7 Å². The number of nitrogens with zero attached hydrogens (tertiary/aromatic N) is 2. The van der Waals surface area contributed by atoms with Gasteiger partial charge in [0.2, 0.25) is 5.91 Å². The number of aromatic hydroxyl groups is 1. The number of para-hydroxylation sites is 1. The number of amides is 1. The molecule has 1 amide bonds. The molecule has 1 saturated carbocycles. The van der Waals surface area contributed by atoms with Gasteiger partial charge in [0.15, 0.2) is 0 Å². The molecular formula is C22H24N2O4. The number of carbonyl (C=O) groups excluding carboxylic acids is 2. The van der Waals surface area contributed by atoms with Crippen LogP contribution < -0.4 is 4.90 Å². The van der Waals surface area contributed by atoms with Crippen LogP contribution in [0.2, 0.25) is 0 Å². The number of phenolic OH excluding ortho intramolecular Hbond substituents is 1. The van der Waals surface area contributed by atoms with Gasteiger partial charge in [-0.25, -0.2) is 0 Å². The Bertz CT molecular complexity index is 940. The molecule has 1 aromatic carbocycles. The maximum Gasteiger partial charge on any atom is 0.230 e. The monoisotopic (exact) mass is 380 g/mol. The van der Waals surface area contributed by atoms with E-state index < -0.39 is 5.41 Å². The lowest BCUT2D eigenvalue weighted by molar-refractivity contribution is -0.140. The summed E-state index contributed by atoms with van der Waals surface area (Å²) in [5.74, 6) is 0.455. The number of Topliss-reactive ketones (excluding diaryl/α,β-unsaturated/α-hetero) is 1. The number of phenols is 1. The molecule has 1 aromatic rings. The molecule has 3 saturated heterocycles.